The monoisotopic (exact) mass is 285 g/mol. The average molecular weight is 286 g/mol. The van der Waals surface area contributed by atoms with Crippen molar-refractivity contribution >= 4 is 17.3 Å². The van der Waals surface area contributed by atoms with E-state index in [1.54, 1.807) is 18.3 Å². The molecule has 0 saturated heterocycles. The zero-order valence-corrected chi connectivity index (χ0v) is 11.3. The van der Waals surface area contributed by atoms with Crippen LogP contribution in [-0.4, -0.2) is 20.2 Å². The first-order chi connectivity index (χ1) is 9.72. The van der Waals surface area contributed by atoms with Gasteiger partial charge in [-0.15, -0.1) is 0 Å². The van der Waals surface area contributed by atoms with Crippen LogP contribution in [0.4, 0.5) is 5.69 Å². The largest absolute Gasteiger partial charge is 0.398 e. The fourth-order valence-corrected chi connectivity index (χ4v) is 2.00. The molecule has 0 bridgehead atoms. The van der Waals surface area contributed by atoms with Crippen molar-refractivity contribution in [2.24, 2.45) is 0 Å². The number of nitrogens with zero attached hydrogens (tertiary/aromatic N) is 3. The van der Waals surface area contributed by atoms with Crippen molar-refractivity contribution in [2.45, 2.75) is 6.42 Å². The molecule has 100 valence electrons. The highest BCUT2D eigenvalue weighted by Gasteiger charge is 2.08. The van der Waals surface area contributed by atoms with Gasteiger partial charge in [0.2, 0.25) is 0 Å². The predicted octanol–water partition coefficient (Wildman–Crippen LogP) is 2.69. The molecular formula is C14H12ClN5. The minimum absolute atomic E-state index is 0.516. The van der Waals surface area contributed by atoms with Crippen LogP contribution in [-0.2, 0) is 6.42 Å². The summed E-state index contributed by atoms with van der Waals surface area (Å²) in [7, 11) is 0. The lowest BCUT2D eigenvalue weighted by Gasteiger charge is -1.99. The third-order valence-corrected chi connectivity index (χ3v) is 3.22. The molecule has 0 unspecified atom stereocenters. The Hall–Kier alpha value is -2.40. The summed E-state index contributed by atoms with van der Waals surface area (Å²) in [4.78, 5) is 8.53. The molecule has 3 rings (SSSR count). The number of benzene rings is 1. The molecular weight excluding hydrogens is 274 g/mol. The van der Waals surface area contributed by atoms with Crippen LogP contribution in [0.2, 0.25) is 5.02 Å². The van der Waals surface area contributed by atoms with Crippen LogP contribution in [0, 0.1) is 0 Å². The van der Waals surface area contributed by atoms with Gasteiger partial charge in [0.1, 0.15) is 5.82 Å². The summed E-state index contributed by atoms with van der Waals surface area (Å²) in [6, 6.07) is 9.24. The highest BCUT2D eigenvalue weighted by Crippen LogP contribution is 2.24. The standard InChI is InChI=1S/C14H12ClN5/c15-11-4-3-10(7-12(11)16)14-18-13(19-20-14)6-9-2-1-5-17-8-9/h1-5,7-8H,6,16H2,(H,18,19,20). The van der Waals surface area contributed by atoms with Crippen molar-refractivity contribution in [1.29, 1.82) is 0 Å². The minimum Gasteiger partial charge on any atom is -0.398 e. The molecule has 5 nitrogen and oxygen atoms in total. The number of rotatable bonds is 3. The van der Waals surface area contributed by atoms with E-state index in [-0.39, 0.29) is 0 Å². The Balaban J connectivity index is 1.84. The highest BCUT2D eigenvalue weighted by molar-refractivity contribution is 6.33. The fraction of sp³-hybridized carbons (Fsp3) is 0.0714. The van der Waals surface area contributed by atoms with Gasteiger partial charge in [-0.2, -0.15) is 5.10 Å². The van der Waals surface area contributed by atoms with Crippen molar-refractivity contribution in [3.8, 4) is 11.4 Å². The van der Waals surface area contributed by atoms with Gasteiger partial charge < -0.3 is 5.73 Å². The Morgan fingerprint density at radius 2 is 2.15 bits per heavy atom. The van der Waals surface area contributed by atoms with Gasteiger partial charge in [0, 0.05) is 24.4 Å². The van der Waals surface area contributed by atoms with Crippen LogP contribution < -0.4 is 5.73 Å². The second-order valence-electron chi connectivity index (χ2n) is 4.38. The van der Waals surface area contributed by atoms with Crippen LogP contribution in [0.5, 0.6) is 0 Å². The van der Waals surface area contributed by atoms with Crippen LogP contribution in [0.1, 0.15) is 11.4 Å². The van der Waals surface area contributed by atoms with Crippen molar-refractivity contribution < 1.29 is 0 Å². The number of hydrogen-bond donors (Lipinski definition) is 2. The van der Waals surface area contributed by atoms with Crippen LogP contribution in [0.25, 0.3) is 11.4 Å². The van der Waals surface area contributed by atoms with Gasteiger partial charge in [0.15, 0.2) is 5.82 Å². The number of nitrogens with one attached hydrogen (secondary N) is 1. The molecule has 3 N–H and O–H groups in total. The SMILES string of the molecule is Nc1cc(-c2n[nH]c(Cc3cccnc3)n2)ccc1Cl. The normalized spacial score (nSPS) is 10.7. The zero-order chi connectivity index (χ0) is 13.9. The molecule has 0 spiro atoms. The number of nitrogen functional groups attached to an aromatic ring is 1. The van der Waals surface area contributed by atoms with Gasteiger partial charge >= 0.3 is 0 Å². The van der Waals surface area contributed by atoms with Gasteiger partial charge in [0.05, 0.1) is 10.7 Å². The molecule has 3 aromatic rings. The minimum atomic E-state index is 0.516. The van der Waals surface area contributed by atoms with Gasteiger partial charge in [-0.05, 0) is 29.8 Å². The van der Waals surface area contributed by atoms with Crippen LogP contribution in [0.3, 0.4) is 0 Å². The molecule has 1 aromatic carbocycles. The molecule has 2 heterocycles. The van der Waals surface area contributed by atoms with Gasteiger partial charge in [-0.25, -0.2) is 4.98 Å². The molecule has 20 heavy (non-hydrogen) atoms. The van der Waals surface area contributed by atoms with E-state index in [2.05, 4.69) is 20.2 Å². The summed E-state index contributed by atoms with van der Waals surface area (Å²) in [5.41, 5.74) is 8.21. The van der Waals surface area contributed by atoms with Crippen LogP contribution >= 0.6 is 11.6 Å². The lowest BCUT2D eigenvalue weighted by molar-refractivity contribution is 0.966. The number of aromatic nitrogens is 4. The Bertz CT molecular complexity index is 723. The van der Waals surface area contributed by atoms with Gasteiger partial charge in [-0.1, -0.05) is 17.7 Å². The second kappa shape index (κ2) is 5.30. The fourth-order valence-electron chi connectivity index (χ4n) is 1.88. The van der Waals surface area contributed by atoms with Gasteiger partial charge in [-0.3, -0.25) is 10.1 Å². The number of aromatic amines is 1. The maximum atomic E-state index is 5.90. The summed E-state index contributed by atoms with van der Waals surface area (Å²) < 4.78 is 0. The molecule has 0 atom stereocenters. The molecule has 0 saturated carbocycles. The Morgan fingerprint density at radius 1 is 1.25 bits per heavy atom. The second-order valence-corrected chi connectivity index (χ2v) is 4.79. The molecule has 0 aliphatic heterocycles. The smallest absolute Gasteiger partial charge is 0.181 e. The summed E-state index contributed by atoms with van der Waals surface area (Å²) >= 11 is 5.90. The quantitative estimate of drug-likeness (QED) is 0.725. The van der Waals surface area contributed by atoms with E-state index in [1.807, 2.05) is 24.4 Å². The van der Waals surface area contributed by atoms with E-state index in [0.717, 1.165) is 17.0 Å². The number of nitrogens with two attached hydrogens (primary N) is 1. The van der Waals surface area contributed by atoms with E-state index in [1.165, 1.54) is 0 Å². The molecule has 6 heteroatoms. The van der Waals surface area contributed by atoms with Crippen molar-refractivity contribution in [2.75, 3.05) is 5.73 Å². The van der Waals surface area contributed by atoms with Crippen molar-refractivity contribution in [1.82, 2.24) is 20.2 Å². The molecule has 0 amide bonds. The number of halogens is 1. The molecule has 0 fully saturated rings. The molecule has 0 aliphatic rings. The average Bonchev–Trinajstić information content (AvgIpc) is 2.91. The maximum Gasteiger partial charge on any atom is 0.181 e. The third-order valence-electron chi connectivity index (χ3n) is 2.88. The first kappa shape index (κ1) is 12.6. The summed E-state index contributed by atoms with van der Waals surface area (Å²) in [5.74, 6) is 1.38. The van der Waals surface area contributed by atoms with E-state index in [0.29, 0.717) is 23.0 Å². The topological polar surface area (TPSA) is 80.5 Å². The number of anilines is 1. The Morgan fingerprint density at radius 3 is 2.90 bits per heavy atom. The molecule has 0 radical (unpaired) electrons. The van der Waals surface area contributed by atoms with Crippen LogP contribution in [0.15, 0.2) is 42.7 Å². The predicted molar refractivity (Wildman–Crippen MR) is 78.3 cm³/mol. The Kier molecular flexibility index (Phi) is 3.35. The van der Waals surface area contributed by atoms with E-state index in [9.17, 15) is 0 Å². The van der Waals surface area contributed by atoms with E-state index >= 15 is 0 Å². The molecule has 2 aromatic heterocycles. The zero-order valence-electron chi connectivity index (χ0n) is 10.5. The first-order valence-electron chi connectivity index (χ1n) is 6.08. The summed E-state index contributed by atoms with van der Waals surface area (Å²) in [6.07, 6.45) is 4.21. The number of H-pyrrole nitrogens is 1. The van der Waals surface area contributed by atoms with Crippen molar-refractivity contribution in [3.05, 3.63) is 59.1 Å². The highest BCUT2D eigenvalue weighted by atomic mass is 35.5. The number of hydrogen-bond acceptors (Lipinski definition) is 4. The van der Waals surface area contributed by atoms with E-state index in [4.69, 9.17) is 17.3 Å². The maximum absolute atomic E-state index is 5.90. The van der Waals surface area contributed by atoms with E-state index < -0.39 is 0 Å². The lowest BCUT2D eigenvalue weighted by atomic mass is 10.2. The first-order valence-corrected chi connectivity index (χ1v) is 6.46. The molecule has 0 aliphatic carbocycles. The summed E-state index contributed by atoms with van der Waals surface area (Å²) in [6.45, 7) is 0. The summed E-state index contributed by atoms with van der Waals surface area (Å²) in [5, 5.41) is 7.65. The number of pyridine rings is 1. The van der Waals surface area contributed by atoms with Gasteiger partial charge in [0.25, 0.3) is 0 Å². The third kappa shape index (κ3) is 2.62. The van der Waals surface area contributed by atoms with Crippen molar-refractivity contribution in [3.63, 3.8) is 0 Å². The lowest BCUT2D eigenvalue weighted by Crippen LogP contribution is -1.91. The Labute approximate surface area is 120 Å².